The second-order valence-electron chi connectivity index (χ2n) is 5.23. The van der Waals surface area contributed by atoms with Gasteiger partial charge in [0, 0.05) is 5.69 Å². The molecule has 1 aromatic carbocycles. The lowest BCUT2D eigenvalue weighted by Crippen LogP contribution is -2.19. The molecule has 0 bridgehead atoms. The normalized spacial score (nSPS) is 11.1. The number of nitrogens with zero attached hydrogens (tertiary/aromatic N) is 4. The van der Waals surface area contributed by atoms with Gasteiger partial charge in [0.1, 0.15) is 17.3 Å². The number of furan rings is 1. The van der Waals surface area contributed by atoms with Crippen molar-refractivity contribution in [3.63, 3.8) is 0 Å². The Morgan fingerprint density at radius 1 is 1.24 bits per heavy atom. The number of aryl methyl sites for hydroxylation is 2. The number of carbonyl (C=O) groups is 1. The standard InChI is InChI=1S/C17H17N5O2S/c1-12-8-9-15(24-12)10-18-20-16(23)11-25-17-21-19-13(2)22(17)14-6-4-3-5-7-14/h3-10H,11H2,1-2H3,(H,20,23)/b18-10-. The van der Waals surface area contributed by atoms with Crippen molar-refractivity contribution in [2.45, 2.75) is 19.0 Å². The van der Waals surface area contributed by atoms with Crippen LogP contribution in [0.2, 0.25) is 0 Å². The lowest BCUT2D eigenvalue weighted by atomic mass is 10.3. The number of thioether (sulfide) groups is 1. The number of hydrazone groups is 1. The first-order valence-corrected chi connectivity index (χ1v) is 8.60. The fourth-order valence-corrected chi connectivity index (χ4v) is 2.95. The van der Waals surface area contributed by atoms with Gasteiger partial charge < -0.3 is 4.42 Å². The molecule has 1 N–H and O–H groups in total. The zero-order valence-electron chi connectivity index (χ0n) is 13.8. The number of rotatable bonds is 6. The first-order valence-electron chi connectivity index (χ1n) is 7.62. The van der Waals surface area contributed by atoms with E-state index in [9.17, 15) is 4.79 Å². The van der Waals surface area contributed by atoms with Crippen molar-refractivity contribution in [1.82, 2.24) is 20.2 Å². The number of para-hydroxylation sites is 1. The predicted octanol–water partition coefficient (Wildman–Crippen LogP) is 2.72. The van der Waals surface area contributed by atoms with Gasteiger partial charge in [-0.3, -0.25) is 9.36 Å². The van der Waals surface area contributed by atoms with Crippen molar-refractivity contribution in [3.8, 4) is 5.69 Å². The monoisotopic (exact) mass is 355 g/mol. The van der Waals surface area contributed by atoms with Crippen molar-refractivity contribution in [3.05, 3.63) is 59.8 Å². The van der Waals surface area contributed by atoms with E-state index >= 15 is 0 Å². The third-order valence-corrected chi connectivity index (χ3v) is 4.21. The average molecular weight is 355 g/mol. The summed E-state index contributed by atoms with van der Waals surface area (Å²) in [6, 6.07) is 13.4. The van der Waals surface area contributed by atoms with Crippen molar-refractivity contribution in [2.75, 3.05) is 5.75 Å². The van der Waals surface area contributed by atoms with Crippen LogP contribution in [0.3, 0.4) is 0 Å². The zero-order valence-corrected chi connectivity index (χ0v) is 14.7. The molecule has 2 heterocycles. The Bertz CT molecular complexity index is 886. The smallest absolute Gasteiger partial charge is 0.250 e. The number of hydrogen-bond donors (Lipinski definition) is 1. The lowest BCUT2D eigenvalue weighted by molar-refractivity contribution is -0.118. The van der Waals surface area contributed by atoms with E-state index in [1.165, 1.54) is 18.0 Å². The van der Waals surface area contributed by atoms with E-state index in [4.69, 9.17) is 4.42 Å². The Kier molecular flexibility index (Phi) is 5.30. The van der Waals surface area contributed by atoms with Crippen molar-refractivity contribution >= 4 is 23.9 Å². The Morgan fingerprint density at radius 3 is 2.76 bits per heavy atom. The summed E-state index contributed by atoms with van der Waals surface area (Å²) in [7, 11) is 0. The molecule has 0 aliphatic rings. The quantitative estimate of drug-likeness (QED) is 0.417. The maximum Gasteiger partial charge on any atom is 0.250 e. The molecule has 3 aromatic rings. The van der Waals surface area contributed by atoms with Gasteiger partial charge in [-0.05, 0) is 38.1 Å². The van der Waals surface area contributed by atoms with E-state index in [2.05, 4.69) is 20.7 Å². The van der Waals surface area contributed by atoms with E-state index in [0.29, 0.717) is 10.9 Å². The van der Waals surface area contributed by atoms with Gasteiger partial charge in [-0.1, -0.05) is 30.0 Å². The van der Waals surface area contributed by atoms with Crippen LogP contribution in [0.1, 0.15) is 17.3 Å². The van der Waals surface area contributed by atoms with E-state index in [-0.39, 0.29) is 11.7 Å². The van der Waals surface area contributed by atoms with Crippen LogP contribution in [0.15, 0.2) is 57.1 Å². The Hall–Kier alpha value is -2.87. The summed E-state index contributed by atoms with van der Waals surface area (Å²) < 4.78 is 7.24. The van der Waals surface area contributed by atoms with E-state index in [1.807, 2.05) is 54.8 Å². The van der Waals surface area contributed by atoms with Gasteiger partial charge >= 0.3 is 0 Å². The minimum absolute atomic E-state index is 0.180. The van der Waals surface area contributed by atoms with Crippen molar-refractivity contribution in [2.24, 2.45) is 5.10 Å². The minimum Gasteiger partial charge on any atom is -0.460 e. The summed E-state index contributed by atoms with van der Waals surface area (Å²) in [5.74, 6) is 2.09. The summed E-state index contributed by atoms with van der Waals surface area (Å²) in [6.07, 6.45) is 1.46. The second kappa shape index (κ2) is 7.80. The van der Waals surface area contributed by atoms with Gasteiger partial charge in [0.05, 0.1) is 12.0 Å². The van der Waals surface area contributed by atoms with Crippen LogP contribution in [0.25, 0.3) is 5.69 Å². The van der Waals surface area contributed by atoms with Gasteiger partial charge in [0.15, 0.2) is 5.16 Å². The topological polar surface area (TPSA) is 85.3 Å². The van der Waals surface area contributed by atoms with Crippen LogP contribution in [-0.2, 0) is 4.79 Å². The minimum atomic E-state index is -0.232. The molecule has 128 valence electrons. The van der Waals surface area contributed by atoms with Gasteiger partial charge in [0.2, 0.25) is 0 Å². The first-order chi connectivity index (χ1) is 12.1. The molecule has 0 saturated heterocycles. The van der Waals surface area contributed by atoms with Crippen LogP contribution in [-0.4, -0.2) is 32.6 Å². The molecule has 8 heteroatoms. The summed E-state index contributed by atoms with van der Waals surface area (Å²) in [6.45, 7) is 3.72. The maximum absolute atomic E-state index is 11.9. The Balaban J connectivity index is 1.59. The second-order valence-corrected chi connectivity index (χ2v) is 6.17. The SMILES string of the molecule is Cc1ccc(/C=N\NC(=O)CSc2nnc(C)n2-c2ccccc2)o1. The van der Waals surface area contributed by atoms with E-state index in [0.717, 1.165) is 17.3 Å². The molecule has 2 aromatic heterocycles. The molecule has 0 aliphatic carbocycles. The molecule has 0 fully saturated rings. The number of aromatic nitrogens is 3. The molecule has 0 radical (unpaired) electrons. The van der Waals surface area contributed by atoms with Crippen LogP contribution in [0.5, 0.6) is 0 Å². The van der Waals surface area contributed by atoms with Gasteiger partial charge in [-0.2, -0.15) is 5.10 Å². The Labute approximate surface area is 149 Å². The van der Waals surface area contributed by atoms with Gasteiger partial charge in [-0.15, -0.1) is 10.2 Å². The van der Waals surface area contributed by atoms with Crippen molar-refractivity contribution < 1.29 is 9.21 Å². The highest BCUT2D eigenvalue weighted by atomic mass is 32.2. The van der Waals surface area contributed by atoms with E-state index in [1.54, 1.807) is 6.07 Å². The van der Waals surface area contributed by atoms with Gasteiger partial charge in [-0.25, -0.2) is 5.43 Å². The molecule has 0 aliphatic heterocycles. The number of amides is 1. The molecular weight excluding hydrogens is 338 g/mol. The zero-order chi connectivity index (χ0) is 17.6. The average Bonchev–Trinajstić information content (AvgIpc) is 3.19. The summed E-state index contributed by atoms with van der Waals surface area (Å²) in [5.41, 5.74) is 3.43. The molecule has 0 spiro atoms. The number of carbonyl (C=O) groups excluding carboxylic acids is 1. The fraction of sp³-hybridized carbons (Fsp3) is 0.176. The summed E-state index contributed by atoms with van der Waals surface area (Å²) in [5, 5.41) is 12.8. The van der Waals surface area contributed by atoms with Crippen LogP contribution >= 0.6 is 11.8 Å². The Morgan fingerprint density at radius 2 is 2.04 bits per heavy atom. The predicted molar refractivity (Wildman–Crippen MR) is 96.0 cm³/mol. The van der Waals surface area contributed by atoms with Crippen LogP contribution < -0.4 is 5.43 Å². The largest absolute Gasteiger partial charge is 0.460 e. The molecule has 7 nitrogen and oxygen atoms in total. The highest BCUT2D eigenvalue weighted by Gasteiger charge is 2.12. The highest BCUT2D eigenvalue weighted by Crippen LogP contribution is 2.21. The summed E-state index contributed by atoms with van der Waals surface area (Å²) in [4.78, 5) is 11.9. The fourth-order valence-electron chi connectivity index (χ4n) is 2.16. The van der Waals surface area contributed by atoms with Gasteiger partial charge in [0.25, 0.3) is 5.91 Å². The molecular formula is C17H17N5O2S. The molecule has 0 unspecified atom stereocenters. The van der Waals surface area contributed by atoms with E-state index < -0.39 is 0 Å². The summed E-state index contributed by atoms with van der Waals surface area (Å²) >= 11 is 1.30. The molecule has 0 atom stereocenters. The maximum atomic E-state index is 11.9. The van der Waals surface area contributed by atoms with Crippen LogP contribution in [0, 0.1) is 13.8 Å². The molecule has 0 saturated carbocycles. The first kappa shape index (κ1) is 17.0. The van der Waals surface area contributed by atoms with Crippen molar-refractivity contribution in [1.29, 1.82) is 0 Å². The number of nitrogens with one attached hydrogen (secondary N) is 1. The number of benzene rings is 1. The highest BCUT2D eigenvalue weighted by molar-refractivity contribution is 7.99. The molecule has 1 amide bonds. The van der Waals surface area contributed by atoms with Crippen LogP contribution in [0.4, 0.5) is 0 Å². The molecule has 3 rings (SSSR count). The number of hydrogen-bond acceptors (Lipinski definition) is 6. The molecule has 25 heavy (non-hydrogen) atoms. The third kappa shape index (κ3) is 4.36. The third-order valence-electron chi connectivity index (χ3n) is 3.28. The lowest BCUT2D eigenvalue weighted by Gasteiger charge is -2.07.